The van der Waals surface area contributed by atoms with Crippen molar-refractivity contribution in [2.24, 2.45) is 0 Å². The zero-order chi connectivity index (χ0) is 30.0. The normalized spacial score (nSPS) is 13.0. The molecule has 6 heteroatoms. The van der Waals surface area contributed by atoms with E-state index >= 15 is 0 Å². The zero-order valence-electron chi connectivity index (χ0n) is 25.5. The maximum atomic E-state index is 9.37. The van der Waals surface area contributed by atoms with E-state index in [2.05, 4.69) is 66.1 Å². The van der Waals surface area contributed by atoms with Crippen LogP contribution in [0.25, 0.3) is 43.9 Å². The quantitative estimate of drug-likeness (QED) is 0.193. The summed E-state index contributed by atoms with van der Waals surface area (Å²) in [6.07, 6.45) is 0. The van der Waals surface area contributed by atoms with E-state index in [4.69, 9.17) is 8.83 Å². The number of aliphatic hydroxyl groups excluding tert-OH is 2. The van der Waals surface area contributed by atoms with E-state index in [9.17, 15) is 10.2 Å². The highest BCUT2D eigenvalue weighted by Gasteiger charge is 2.13. The van der Waals surface area contributed by atoms with Gasteiger partial charge in [0.25, 0.3) is 0 Å². The first-order valence-corrected chi connectivity index (χ1v) is 14.8. The molecule has 0 amide bonds. The van der Waals surface area contributed by atoms with Gasteiger partial charge in [-0.25, -0.2) is 0 Å². The van der Waals surface area contributed by atoms with Gasteiger partial charge in [0.15, 0.2) is 0 Å². The number of hydrogen-bond donors (Lipinski definition) is 2. The fourth-order valence-electron chi connectivity index (χ4n) is 5.45. The maximum absolute atomic E-state index is 9.37. The van der Waals surface area contributed by atoms with Gasteiger partial charge in [-0.3, -0.25) is 0 Å². The lowest BCUT2D eigenvalue weighted by molar-refractivity contribution is 0.273. The molecule has 2 aromatic heterocycles. The molecule has 42 heavy (non-hydrogen) atoms. The summed E-state index contributed by atoms with van der Waals surface area (Å²) in [5.41, 5.74) is 8.27. The molecule has 0 bridgehead atoms. The van der Waals surface area contributed by atoms with Crippen LogP contribution in [0.1, 0.15) is 50.7 Å². The van der Waals surface area contributed by atoms with Crippen LogP contribution in [-0.2, 0) is 0 Å². The second kappa shape index (κ2) is 12.5. The highest BCUT2D eigenvalue weighted by atomic mass is 16.3. The average molecular weight is 567 g/mol. The Morgan fingerprint density at radius 3 is 1.36 bits per heavy atom. The van der Waals surface area contributed by atoms with Crippen molar-refractivity contribution in [2.45, 2.75) is 39.5 Å². The van der Waals surface area contributed by atoms with Crippen LogP contribution in [0, 0.1) is 0 Å². The Morgan fingerprint density at radius 1 is 0.571 bits per heavy atom. The highest BCUT2D eigenvalue weighted by molar-refractivity contribution is 6.07. The van der Waals surface area contributed by atoms with Gasteiger partial charge in [-0.1, -0.05) is 26.0 Å². The molecule has 2 N–H and O–H groups in total. The molecule has 0 saturated heterocycles. The number of furan rings is 2. The Hall–Kier alpha value is -4.00. The van der Waals surface area contributed by atoms with Crippen molar-refractivity contribution < 1.29 is 19.0 Å². The third kappa shape index (κ3) is 5.69. The molecule has 6 rings (SSSR count). The van der Waals surface area contributed by atoms with E-state index in [0.29, 0.717) is 0 Å². The van der Waals surface area contributed by atoms with E-state index in [1.54, 1.807) is 0 Å². The van der Waals surface area contributed by atoms with Crippen LogP contribution < -0.4 is 9.80 Å². The van der Waals surface area contributed by atoms with Crippen molar-refractivity contribution in [3.63, 3.8) is 0 Å². The molecule has 0 spiro atoms. The summed E-state index contributed by atoms with van der Waals surface area (Å²) in [5, 5.41) is 23.2. The number of rotatable bonds is 8. The minimum absolute atomic E-state index is 0.139. The van der Waals surface area contributed by atoms with Gasteiger partial charge < -0.3 is 28.8 Å². The predicted molar refractivity (Wildman–Crippen MR) is 176 cm³/mol. The molecule has 0 aliphatic rings. The molecule has 0 aliphatic heterocycles. The fourth-order valence-corrected chi connectivity index (χ4v) is 5.45. The summed E-state index contributed by atoms with van der Waals surface area (Å²) in [6, 6.07) is 24.9. The Bertz CT molecular complexity index is 1810. The van der Waals surface area contributed by atoms with Gasteiger partial charge in [-0.2, -0.15) is 0 Å². The van der Waals surface area contributed by atoms with Crippen molar-refractivity contribution >= 4 is 55.3 Å². The van der Waals surface area contributed by atoms with Gasteiger partial charge in [0.2, 0.25) is 0 Å². The highest BCUT2D eigenvalue weighted by Crippen LogP contribution is 2.35. The van der Waals surface area contributed by atoms with Gasteiger partial charge >= 0.3 is 0 Å². The van der Waals surface area contributed by atoms with Crippen LogP contribution in [-0.4, -0.2) is 50.6 Å². The monoisotopic (exact) mass is 566 g/mol. The number of benzene rings is 4. The first kappa shape index (κ1) is 29.5. The number of nitrogens with zero attached hydrogens (tertiary/aromatic N) is 2. The minimum atomic E-state index is 0.139. The van der Waals surface area contributed by atoms with E-state index in [0.717, 1.165) is 73.8 Å². The average Bonchev–Trinajstić information content (AvgIpc) is 3.57. The predicted octanol–water partition coefficient (Wildman–Crippen LogP) is 8.28. The van der Waals surface area contributed by atoms with Crippen LogP contribution in [0.2, 0.25) is 0 Å². The van der Waals surface area contributed by atoms with Crippen molar-refractivity contribution in [3.8, 4) is 0 Å². The largest absolute Gasteiger partial charge is 0.456 e. The lowest BCUT2D eigenvalue weighted by atomic mass is 9.99. The Balaban J connectivity index is 0.000000169. The first-order chi connectivity index (χ1) is 20.3. The second-order valence-electron chi connectivity index (χ2n) is 11.3. The van der Waals surface area contributed by atoms with E-state index < -0.39 is 0 Å². The van der Waals surface area contributed by atoms with Crippen molar-refractivity contribution in [3.05, 3.63) is 83.9 Å². The lowest BCUT2D eigenvalue weighted by Crippen LogP contribution is -2.21. The van der Waals surface area contributed by atoms with E-state index in [1.165, 1.54) is 5.69 Å². The molecule has 0 radical (unpaired) electrons. The molecule has 0 saturated carbocycles. The fraction of sp³-hybridized carbons (Fsp3) is 0.333. The van der Waals surface area contributed by atoms with Crippen molar-refractivity contribution in [1.29, 1.82) is 0 Å². The lowest BCUT2D eigenvalue weighted by Gasteiger charge is -2.20. The third-order valence-electron chi connectivity index (χ3n) is 8.28. The molecule has 0 aliphatic carbocycles. The molecule has 2 unspecified atom stereocenters. The standard InChI is InChI=1S/C19H23NO2.C17H19NO2/c1-4-20(5-2)15-7-9-19-17(11-15)16-10-14(13(3)12-21)6-8-18(16)22-19;1-11(10-19)12-4-6-16-14(8-12)15-9-13(18(2)3)5-7-17(15)20-16/h6-11,13,21H,4-5,12H2,1-3H3;4-9,11,19H,10H2,1-3H3. The van der Waals surface area contributed by atoms with E-state index in [1.807, 2.05) is 58.3 Å². The zero-order valence-corrected chi connectivity index (χ0v) is 25.5. The second-order valence-corrected chi connectivity index (χ2v) is 11.3. The molecule has 220 valence electrons. The first-order valence-electron chi connectivity index (χ1n) is 14.8. The van der Waals surface area contributed by atoms with E-state index in [-0.39, 0.29) is 25.0 Å². The Morgan fingerprint density at radius 2 is 0.952 bits per heavy atom. The molecular weight excluding hydrogens is 524 g/mol. The molecule has 2 heterocycles. The Labute approximate surface area is 247 Å². The van der Waals surface area contributed by atoms with Crippen LogP contribution in [0.5, 0.6) is 0 Å². The number of fused-ring (bicyclic) bond motifs is 6. The van der Waals surface area contributed by atoms with Crippen LogP contribution >= 0.6 is 0 Å². The minimum Gasteiger partial charge on any atom is -0.456 e. The molecule has 4 aromatic carbocycles. The van der Waals surface area contributed by atoms with Gasteiger partial charge in [-0.05, 0) is 85.6 Å². The van der Waals surface area contributed by atoms with Crippen LogP contribution in [0.15, 0.2) is 81.6 Å². The van der Waals surface area contributed by atoms with Gasteiger partial charge in [0, 0.05) is 85.2 Å². The number of anilines is 2. The molecule has 6 nitrogen and oxygen atoms in total. The summed E-state index contributed by atoms with van der Waals surface area (Å²) >= 11 is 0. The van der Waals surface area contributed by atoms with Crippen molar-refractivity contribution in [2.75, 3.05) is 50.2 Å². The summed E-state index contributed by atoms with van der Waals surface area (Å²) in [7, 11) is 4.06. The Kier molecular flexibility index (Phi) is 8.76. The van der Waals surface area contributed by atoms with Crippen molar-refractivity contribution in [1.82, 2.24) is 0 Å². The SMILES string of the molecule is CC(CO)c1ccc2oc3ccc(N(C)C)cc3c2c1.CCN(CC)c1ccc2oc3ccc(C(C)CO)cc3c2c1. The van der Waals surface area contributed by atoms with Gasteiger partial charge in [0.1, 0.15) is 22.3 Å². The molecule has 6 aromatic rings. The number of aliphatic hydroxyl groups is 2. The smallest absolute Gasteiger partial charge is 0.135 e. The van der Waals surface area contributed by atoms with Crippen LogP contribution in [0.3, 0.4) is 0 Å². The van der Waals surface area contributed by atoms with Gasteiger partial charge in [0.05, 0.1) is 0 Å². The number of hydrogen-bond acceptors (Lipinski definition) is 6. The summed E-state index contributed by atoms with van der Waals surface area (Å²) < 4.78 is 11.8. The molecular formula is C36H42N2O4. The molecule has 0 fully saturated rings. The summed E-state index contributed by atoms with van der Waals surface area (Å²) in [4.78, 5) is 4.41. The topological polar surface area (TPSA) is 73.2 Å². The summed E-state index contributed by atoms with van der Waals surface area (Å²) in [6.45, 7) is 10.7. The van der Waals surface area contributed by atoms with Crippen LogP contribution in [0.4, 0.5) is 11.4 Å². The summed E-state index contributed by atoms with van der Waals surface area (Å²) in [5.74, 6) is 0.279. The van der Waals surface area contributed by atoms with Gasteiger partial charge in [-0.15, -0.1) is 0 Å². The third-order valence-corrected chi connectivity index (χ3v) is 8.28. The molecule has 2 atom stereocenters. The maximum Gasteiger partial charge on any atom is 0.135 e.